The quantitative estimate of drug-likeness (QED) is 0.270. The maximum atomic E-state index is 12.2. The minimum Gasteiger partial charge on any atom is -0.482 e. The van der Waals surface area contributed by atoms with Crippen LogP contribution >= 0.6 is 0 Å². The predicted octanol–water partition coefficient (Wildman–Crippen LogP) is 5.02. The Hall–Kier alpha value is -2.63. The minimum atomic E-state index is -0.440. The van der Waals surface area contributed by atoms with Gasteiger partial charge in [0.25, 0.3) is 0 Å². The lowest BCUT2D eigenvalue weighted by molar-refractivity contribution is -0.147. The maximum Gasteiger partial charge on any atom is 0.344 e. The molecule has 1 unspecified atom stereocenters. The number of carbonyl (C=O) groups excluding carboxylic acids is 1. The molecule has 2 aliphatic rings. The van der Waals surface area contributed by atoms with Crippen molar-refractivity contribution in [1.82, 2.24) is 0 Å². The molecule has 0 saturated heterocycles. The highest BCUT2D eigenvalue weighted by Crippen LogP contribution is 2.47. The zero-order valence-corrected chi connectivity index (χ0v) is 20.6. The SMILES string of the molecule is CCCCC[C@H](O)/C=C/[C@H]1[C@H](O)CC2Cc3c(cccc3OCC(=O)OCc3ccccc3)C[C@@H]21. The number of hydrogen-bond acceptors (Lipinski definition) is 5. The fourth-order valence-electron chi connectivity index (χ4n) is 5.61. The molecular weight excluding hydrogens is 440 g/mol. The van der Waals surface area contributed by atoms with Gasteiger partial charge >= 0.3 is 5.97 Å². The third-order valence-corrected chi connectivity index (χ3v) is 7.49. The van der Waals surface area contributed by atoms with Crippen molar-refractivity contribution in [3.63, 3.8) is 0 Å². The number of esters is 1. The average Bonchev–Trinajstić information content (AvgIpc) is 3.18. The van der Waals surface area contributed by atoms with Gasteiger partial charge in [-0.1, -0.05) is 80.8 Å². The number of rotatable bonds is 11. The smallest absolute Gasteiger partial charge is 0.344 e. The highest BCUT2D eigenvalue weighted by Gasteiger charge is 2.44. The molecule has 2 aliphatic carbocycles. The molecule has 2 aromatic rings. The highest BCUT2D eigenvalue weighted by atomic mass is 16.6. The van der Waals surface area contributed by atoms with Gasteiger partial charge < -0.3 is 19.7 Å². The zero-order valence-electron chi connectivity index (χ0n) is 20.6. The molecule has 0 spiro atoms. The molecule has 2 aromatic carbocycles. The van der Waals surface area contributed by atoms with Crippen LogP contribution in [0.2, 0.25) is 0 Å². The summed E-state index contributed by atoms with van der Waals surface area (Å²) in [6.07, 6.45) is 9.63. The molecule has 0 bridgehead atoms. The first-order chi connectivity index (χ1) is 17.0. The first-order valence-corrected chi connectivity index (χ1v) is 13.0. The summed E-state index contributed by atoms with van der Waals surface area (Å²) in [5, 5.41) is 21.1. The number of unbranched alkanes of at least 4 members (excludes halogenated alkanes) is 2. The van der Waals surface area contributed by atoms with Crippen LogP contribution in [-0.4, -0.2) is 35.0 Å². The number of hydrogen-bond donors (Lipinski definition) is 2. The summed E-state index contributed by atoms with van der Waals surface area (Å²) in [6.45, 7) is 2.27. The van der Waals surface area contributed by atoms with Crippen molar-refractivity contribution >= 4 is 5.97 Å². The number of aliphatic hydroxyl groups excluding tert-OH is 2. The Labute approximate surface area is 208 Å². The summed E-state index contributed by atoms with van der Waals surface area (Å²) in [5.41, 5.74) is 3.30. The van der Waals surface area contributed by atoms with Gasteiger partial charge in [0.1, 0.15) is 12.4 Å². The molecule has 5 nitrogen and oxygen atoms in total. The van der Waals surface area contributed by atoms with Crippen molar-refractivity contribution in [2.75, 3.05) is 6.61 Å². The molecule has 0 amide bonds. The summed E-state index contributed by atoms with van der Waals surface area (Å²) in [6, 6.07) is 15.6. The van der Waals surface area contributed by atoms with Gasteiger partial charge in [-0.15, -0.1) is 0 Å². The van der Waals surface area contributed by atoms with Crippen LogP contribution in [0.4, 0.5) is 0 Å². The number of ether oxygens (including phenoxy) is 2. The second-order valence-corrected chi connectivity index (χ2v) is 9.99. The van der Waals surface area contributed by atoms with Crippen molar-refractivity contribution in [3.8, 4) is 5.75 Å². The molecule has 2 N–H and O–H groups in total. The Morgan fingerprint density at radius 2 is 1.94 bits per heavy atom. The second kappa shape index (κ2) is 12.4. The third-order valence-electron chi connectivity index (χ3n) is 7.49. The third kappa shape index (κ3) is 6.74. The molecule has 0 aromatic heterocycles. The molecule has 5 atom stereocenters. The molecule has 0 radical (unpaired) electrons. The van der Waals surface area contributed by atoms with Crippen LogP contribution in [0.1, 0.15) is 55.7 Å². The van der Waals surface area contributed by atoms with Gasteiger partial charge in [-0.3, -0.25) is 0 Å². The summed E-state index contributed by atoms with van der Waals surface area (Å²) < 4.78 is 11.2. The Balaban J connectivity index is 1.34. The predicted molar refractivity (Wildman–Crippen MR) is 136 cm³/mol. The Morgan fingerprint density at radius 3 is 2.74 bits per heavy atom. The molecule has 5 heteroatoms. The van der Waals surface area contributed by atoms with E-state index in [0.717, 1.165) is 61.8 Å². The molecule has 0 heterocycles. The van der Waals surface area contributed by atoms with E-state index in [0.29, 0.717) is 11.8 Å². The zero-order chi connectivity index (χ0) is 24.6. The Bertz CT molecular complexity index is 985. The normalized spacial score (nSPS) is 24.1. The van der Waals surface area contributed by atoms with E-state index in [1.165, 1.54) is 5.56 Å². The van der Waals surface area contributed by atoms with Crippen LogP contribution in [0.5, 0.6) is 5.75 Å². The van der Waals surface area contributed by atoms with E-state index < -0.39 is 12.2 Å². The van der Waals surface area contributed by atoms with E-state index in [9.17, 15) is 15.0 Å². The van der Waals surface area contributed by atoms with Gasteiger partial charge in [0, 0.05) is 5.92 Å². The second-order valence-electron chi connectivity index (χ2n) is 9.99. The molecule has 4 rings (SSSR count). The fraction of sp³-hybridized carbons (Fsp3) is 0.500. The van der Waals surface area contributed by atoms with E-state index in [-0.39, 0.29) is 25.1 Å². The van der Waals surface area contributed by atoms with Crippen LogP contribution in [0, 0.1) is 17.8 Å². The number of benzene rings is 2. The highest BCUT2D eigenvalue weighted by molar-refractivity contribution is 5.71. The van der Waals surface area contributed by atoms with Gasteiger partial charge in [-0.05, 0) is 60.3 Å². The molecule has 0 aliphatic heterocycles. The van der Waals surface area contributed by atoms with E-state index in [4.69, 9.17) is 9.47 Å². The van der Waals surface area contributed by atoms with Crippen LogP contribution in [0.3, 0.4) is 0 Å². The first kappa shape index (κ1) is 25.5. The summed E-state index contributed by atoms with van der Waals surface area (Å²) >= 11 is 0. The van der Waals surface area contributed by atoms with Crippen LogP contribution in [-0.2, 0) is 29.0 Å². The molecular formula is C30H38O5. The van der Waals surface area contributed by atoms with Crippen LogP contribution in [0.25, 0.3) is 0 Å². The lowest BCUT2D eigenvalue weighted by Gasteiger charge is -2.31. The summed E-state index contributed by atoms with van der Waals surface area (Å²) in [7, 11) is 0. The van der Waals surface area contributed by atoms with E-state index in [1.807, 2.05) is 48.5 Å². The lowest BCUT2D eigenvalue weighted by atomic mass is 9.74. The van der Waals surface area contributed by atoms with Gasteiger partial charge in [0.15, 0.2) is 6.61 Å². The number of fused-ring (bicyclic) bond motifs is 2. The summed E-state index contributed by atoms with van der Waals surface area (Å²) in [5.74, 6) is 1.12. The van der Waals surface area contributed by atoms with Crippen LogP contribution < -0.4 is 4.74 Å². The van der Waals surface area contributed by atoms with Crippen molar-refractivity contribution in [2.24, 2.45) is 17.8 Å². The van der Waals surface area contributed by atoms with Crippen LogP contribution in [0.15, 0.2) is 60.7 Å². The van der Waals surface area contributed by atoms with E-state index >= 15 is 0 Å². The largest absolute Gasteiger partial charge is 0.482 e. The van der Waals surface area contributed by atoms with E-state index in [2.05, 4.69) is 19.1 Å². The molecule has 1 saturated carbocycles. The van der Waals surface area contributed by atoms with Gasteiger partial charge in [0.05, 0.1) is 12.2 Å². The molecule has 1 fully saturated rings. The van der Waals surface area contributed by atoms with Crippen molar-refractivity contribution in [3.05, 3.63) is 77.4 Å². The number of carbonyl (C=O) groups is 1. The standard InChI is InChI=1S/C30H38O5/c1-2-3-5-12-24(31)14-15-25-26-16-22-11-8-13-29(27(22)17-23(26)18-28(25)32)34-20-30(33)35-19-21-9-6-4-7-10-21/h4,6-11,13-15,23-26,28,31-32H,2-3,5,12,16-20H2,1H3/b15-14+/t23?,24-,25+,26-,28+/m0/s1. The van der Waals surface area contributed by atoms with Crippen molar-refractivity contribution in [2.45, 2.75) is 70.7 Å². The van der Waals surface area contributed by atoms with Gasteiger partial charge in [-0.25, -0.2) is 4.79 Å². The average molecular weight is 479 g/mol. The van der Waals surface area contributed by atoms with Crippen molar-refractivity contribution < 1.29 is 24.5 Å². The lowest BCUT2D eigenvalue weighted by Crippen LogP contribution is -2.26. The molecule has 188 valence electrons. The molecule has 35 heavy (non-hydrogen) atoms. The summed E-state index contributed by atoms with van der Waals surface area (Å²) in [4.78, 5) is 12.2. The number of aliphatic hydroxyl groups is 2. The van der Waals surface area contributed by atoms with Crippen molar-refractivity contribution in [1.29, 1.82) is 0 Å². The maximum absolute atomic E-state index is 12.2. The van der Waals surface area contributed by atoms with Gasteiger partial charge in [-0.2, -0.15) is 0 Å². The topological polar surface area (TPSA) is 76.0 Å². The van der Waals surface area contributed by atoms with E-state index in [1.54, 1.807) is 0 Å². The first-order valence-electron chi connectivity index (χ1n) is 13.0. The Kier molecular flexibility index (Phi) is 9.00. The minimum absolute atomic E-state index is 0.0616. The fourth-order valence-corrected chi connectivity index (χ4v) is 5.61. The Morgan fingerprint density at radius 1 is 1.11 bits per heavy atom. The van der Waals surface area contributed by atoms with Gasteiger partial charge in [0.2, 0.25) is 0 Å². The monoisotopic (exact) mass is 478 g/mol.